The van der Waals surface area contributed by atoms with Crippen molar-refractivity contribution < 1.29 is 18.7 Å². The molecule has 2 amide bonds. The molecule has 2 fully saturated rings. The molecule has 3 rings (SSSR count). The number of rotatable bonds is 4. The highest BCUT2D eigenvalue weighted by atomic mass is 19.1. The molecule has 0 atom stereocenters. The van der Waals surface area contributed by atoms with Crippen LogP contribution in [0.5, 0.6) is 0 Å². The Bertz CT molecular complexity index is 594. The van der Waals surface area contributed by atoms with Crippen LogP contribution in [0, 0.1) is 11.7 Å². The zero-order valence-corrected chi connectivity index (χ0v) is 14.2. The van der Waals surface area contributed by atoms with E-state index in [0.717, 1.165) is 18.5 Å². The van der Waals surface area contributed by atoms with Crippen molar-refractivity contribution in [3.05, 3.63) is 30.1 Å². The van der Waals surface area contributed by atoms with Gasteiger partial charge < -0.3 is 19.9 Å². The Morgan fingerprint density at radius 3 is 2.36 bits per heavy atom. The van der Waals surface area contributed by atoms with Gasteiger partial charge in [0.25, 0.3) is 0 Å². The van der Waals surface area contributed by atoms with Gasteiger partial charge in [0.05, 0.1) is 6.54 Å². The Morgan fingerprint density at radius 2 is 1.72 bits per heavy atom. The lowest BCUT2D eigenvalue weighted by Gasteiger charge is -2.36. The average Bonchev–Trinajstić information content (AvgIpc) is 2.67. The summed E-state index contributed by atoms with van der Waals surface area (Å²) in [5.41, 5.74) is 0.960. The summed E-state index contributed by atoms with van der Waals surface area (Å²) >= 11 is 0. The molecule has 0 radical (unpaired) electrons. The summed E-state index contributed by atoms with van der Waals surface area (Å²) in [5.74, 6) is -0.407. The molecule has 2 aliphatic rings. The first-order chi connectivity index (χ1) is 12.1. The summed E-state index contributed by atoms with van der Waals surface area (Å²) < 4.78 is 18.2. The van der Waals surface area contributed by atoms with Gasteiger partial charge in [-0.25, -0.2) is 4.39 Å². The second-order valence-electron chi connectivity index (χ2n) is 6.45. The first-order valence-electron chi connectivity index (χ1n) is 8.77. The number of anilines is 1. The van der Waals surface area contributed by atoms with Gasteiger partial charge in [0.15, 0.2) is 0 Å². The van der Waals surface area contributed by atoms with Gasteiger partial charge in [-0.2, -0.15) is 0 Å². The Morgan fingerprint density at radius 1 is 1.08 bits per heavy atom. The van der Waals surface area contributed by atoms with Gasteiger partial charge >= 0.3 is 0 Å². The Labute approximate surface area is 146 Å². The fourth-order valence-corrected chi connectivity index (χ4v) is 3.24. The fraction of sp³-hybridized carbons (Fsp3) is 0.556. The molecule has 0 unspecified atom stereocenters. The van der Waals surface area contributed by atoms with Gasteiger partial charge in [0.1, 0.15) is 5.82 Å². The quantitative estimate of drug-likeness (QED) is 0.882. The second kappa shape index (κ2) is 8.29. The van der Waals surface area contributed by atoms with E-state index >= 15 is 0 Å². The summed E-state index contributed by atoms with van der Waals surface area (Å²) in [6.07, 6.45) is 1.44. The minimum absolute atomic E-state index is 0.0446. The molecule has 0 spiro atoms. The van der Waals surface area contributed by atoms with E-state index in [2.05, 4.69) is 10.2 Å². The number of hydrogen-bond donors (Lipinski definition) is 1. The third kappa shape index (κ3) is 4.69. The van der Waals surface area contributed by atoms with Crippen molar-refractivity contribution in [2.45, 2.75) is 12.8 Å². The molecule has 2 aliphatic heterocycles. The third-order valence-corrected chi connectivity index (χ3v) is 4.83. The van der Waals surface area contributed by atoms with Gasteiger partial charge in [-0.15, -0.1) is 0 Å². The number of piperazine rings is 1. The van der Waals surface area contributed by atoms with E-state index in [1.54, 1.807) is 17.0 Å². The van der Waals surface area contributed by atoms with Crippen LogP contribution in [-0.2, 0) is 14.3 Å². The first-order valence-corrected chi connectivity index (χ1v) is 8.77. The summed E-state index contributed by atoms with van der Waals surface area (Å²) in [4.78, 5) is 28.3. The number of carbonyl (C=O) groups is 2. The number of nitrogens with zero attached hydrogens (tertiary/aromatic N) is 2. The number of nitrogens with one attached hydrogen (secondary N) is 1. The first kappa shape index (κ1) is 17.7. The molecule has 0 aromatic heterocycles. The largest absolute Gasteiger partial charge is 0.381 e. The highest BCUT2D eigenvalue weighted by molar-refractivity contribution is 5.86. The Hall–Kier alpha value is -2.15. The molecule has 0 bridgehead atoms. The standard InChI is InChI=1S/C18H24FN3O3/c19-15-1-3-16(4-2-15)21-7-9-22(10-8-21)17(23)13-20-18(24)14-5-11-25-12-6-14/h1-4,14H,5-13H2,(H,20,24). The lowest BCUT2D eigenvalue weighted by atomic mass is 9.99. The fourth-order valence-electron chi connectivity index (χ4n) is 3.24. The van der Waals surface area contributed by atoms with E-state index in [9.17, 15) is 14.0 Å². The highest BCUT2D eigenvalue weighted by Crippen LogP contribution is 2.17. The highest BCUT2D eigenvalue weighted by Gasteiger charge is 2.24. The van der Waals surface area contributed by atoms with Crippen LogP contribution in [-0.4, -0.2) is 62.7 Å². The summed E-state index contributed by atoms with van der Waals surface area (Å²) in [7, 11) is 0. The minimum Gasteiger partial charge on any atom is -0.381 e. The van der Waals surface area contributed by atoms with Crippen LogP contribution in [0.4, 0.5) is 10.1 Å². The van der Waals surface area contributed by atoms with Crippen molar-refractivity contribution in [3.8, 4) is 0 Å². The molecular weight excluding hydrogens is 325 g/mol. The van der Waals surface area contributed by atoms with E-state index in [1.807, 2.05) is 0 Å². The summed E-state index contributed by atoms with van der Waals surface area (Å²) in [5, 5.41) is 2.76. The van der Waals surface area contributed by atoms with Gasteiger partial charge in [-0.1, -0.05) is 0 Å². The summed E-state index contributed by atoms with van der Waals surface area (Å²) in [6, 6.07) is 6.39. The molecule has 0 saturated carbocycles. The molecule has 1 aromatic rings. The zero-order chi connectivity index (χ0) is 17.6. The van der Waals surface area contributed by atoms with Crippen LogP contribution < -0.4 is 10.2 Å². The van der Waals surface area contributed by atoms with Crippen LogP contribution >= 0.6 is 0 Å². The van der Waals surface area contributed by atoms with Crippen molar-refractivity contribution >= 4 is 17.5 Å². The van der Waals surface area contributed by atoms with Crippen molar-refractivity contribution in [1.82, 2.24) is 10.2 Å². The van der Waals surface area contributed by atoms with Crippen molar-refractivity contribution in [2.75, 3.05) is 50.8 Å². The average molecular weight is 349 g/mol. The maximum absolute atomic E-state index is 13.0. The van der Waals surface area contributed by atoms with Crippen molar-refractivity contribution in [2.24, 2.45) is 5.92 Å². The monoisotopic (exact) mass is 349 g/mol. The molecule has 7 heteroatoms. The Balaban J connectivity index is 1.42. The molecular formula is C18H24FN3O3. The van der Waals surface area contributed by atoms with Gasteiger partial charge in [-0.3, -0.25) is 9.59 Å². The van der Waals surface area contributed by atoms with Crippen LogP contribution in [0.3, 0.4) is 0 Å². The van der Waals surface area contributed by atoms with Gasteiger partial charge in [0.2, 0.25) is 11.8 Å². The van der Waals surface area contributed by atoms with Gasteiger partial charge in [-0.05, 0) is 37.1 Å². The number of halogens is 1. The van der Waals surface area contributed by atoms with E-state index < -0.39 is 0 Å². The summed E-state index contributed by atoms with van der Waals surface area (Å²) in [6.45, 7) is 3.87. The molecule has 2 heterocycles. The van der Waals surface area contributed by atoms with E-state index in [-0.39, 0.29) is 30.1 Å². The number of benzene rings is 1. The van der Waals surface area contributed by atoms with Gasteiger partial charge in [0, 0.05) is 51.0 Å². The third-order valence-electron chi connectivity index (χ3n) is 4.83. The Kier molecular flexibility index (Phi) is 5.86. The topological polar surface area (TPSA) is 61.9 Å². The molecule has 1 N–H and O–H groups in total. The lowest BCUT2D eigenvalue weighted by molar-refractivity contribution is -0.135. The maximum atomic E-state index is 13.0. The maximum Gasteiger partial charge on any atom is 0.242 e. The van der Waals surface area contributed by atoms with Crippen LogP contribution in [0.15, 0.2) is 24.3 Å². The minimum atomic E-state index is -0.252. The van der Waals surface area contributed by atoms with E-state index in [4.69, 9.17) is 4.74 Å². The normalized spacial score (nSPS) is 18.9. The second-order valence-corrected chi connectivity index (χ2v) is 6.45. The van der Waals surface area contributed by atoms with Crippen molar-refractivity contribution in [3.63, 3.8) is 0 Å². The molecule has 2 saturated heterocycles. The van der Waals surface area contributed by atoms with Crippen LogP contribution in [0.2, 0.25) is 0 Å². The van der Waals surface area contributed by atoms with E-state index in [1.165, 1.54) is 12.1 Å². The van der Waals surface area contributed by atoms with Crippen LogP contribution in [0.25, 0.3) is 0 Å². The lowest BCUT2D eigenvalue weighted by Crippen LogP contribution is -2.51. The number of hydrogen-bond acceptors (Lipinski definition) is 4. The zero-order valence-electron chi connectivity index (χ0n) is 14.2. The number of carbonyl (C=O) groups excluding carboxylic acids is 2. The molecule has 0 aliphatic carbocycles. The van der Waals surface area contributed by atoms with Crippen molar-refractivity contribution in [1.29, 1.82) is 0 Å². The molecule has 1 aromatic carbocycles. The predicted molar refractivity (Wildman–Crippen MR) is 91.7 cm³/mol. The smallest absolute Gasteiger partial charge is 0.242 e. The number of ether oxygens (including phenoxy) is 1. The molecule has 25 heavy (non-hydrogen) atoms. The van der Waals surface area contributed by atoms with Crippen LogP contribution in [0.1, 0.15) is 12.8 Å². The SMILES string of the molecule is O=C(NCC(=O)N1CCN(c2ccc(F)cc2)CC1)C1CCOCC1. The number of amides is 2. The molecule has 6 nitrogen and oxygen atoms in total. The van der Waals surface area contributed by atoms with E-state index in [0.29, 0.717) is 39.4 Å². The predicted octanol–water partition coefficient (Wildman–Crippen LogP) is 1.02. The molecule has 136 valence electrons.